The van der Waals surface area contributed by atoms with Crippen LogP contribution in [0.25, 0.3) is 10.9 Å². The van der Waals surface area contributed by atoms with E-state index in [2.05, 4.69) is 15.6 Å². The van der Waals surface area contributed by atoms with Gasteiger partial charge in [-0.25, -0.2) is 4.39 Å². The predicted molar refractivity (Wildman–Crippen MR) is 111 cm³/mol. The molecule has 0 spiro atoms. The van der Waals surface area contributed by atoms with Gasteiger partial charge in [0.25, 0.3) is 5.91 Å². The summed E-state index contributed by atoms with van der Waals surface area (Å²) in [5.41, 5.74) is 2.08. The van der Waals surface area contributed by atoms with Gasteiger partial charge in [-0.3, -0.25) is 14.4 Å². The molecular formula is C22H21FN4O3. The highest BCUT2D eigenvalue weighted by atomic mass is 19.1. The second-order valence-corrected chi connectivity index (χ2v) is 7.21. The van der Waals surface area contributed by atoms with Gasteiger partial charge in [-0.1, -0.05) is 0 Å². The fourth-order valence-electron chi connectivity index (χ4n) is 3.56. The molecule has 1 aliphatic rings. The van der Waals surface area contributed by atoms with Crippen LogP contribution in [-0.2, 0) is 9.59 Å². The number of hydrogen-bond donors (Lipinski definition) is 3. The number of H-pyrrole nitrogens is 1. The third kappa shape index (κ3) is 4.17. The molecular weight excluding hydrogens is 387 g/mol. The summed E-state index contributed by atoms with van der Waals surface area (Å²) in [4.78, 5) is 41.4. The van der Waals surface area contributed by atoms with Crippen molar-refractivity contribution in [3.05, 3.63) is 66.1 Å². The van der Waals surface area contributed by atoms with E-state index < -0.39 is 5.92 Å². The minimum atomic E-state index is -0.478. The smallest absolute Gasteiger partial charge is 0.251 e. The third-order valence-corrected chi connectivity index (χ3v) is 5.16. The van der Waals surface area contributed by atoms with E-state index in [1.54, 1.807) is 12.1 Å². The number of carbonyl (C=O) groups excluding carboxylic acids is 3. The first kappa shape index (κ1) is 19.6. The van der Waals surface area contributed by atoms with Gasteiger partial charge >= 0.3 is 0 Å². The van der Waals surface area contributed by atoms with Crippen molar-refractivity contribution >= 4 is 34.3 Å². The monoisotopic (exact) mass is 408 g/mol. The Bertz CT molecular complexity index is 1090. The molecule has 2 heterocycles. The van der Waals surface area contributed by atoms with Crippen molar-refractivity contribution in [2.75, 3.05) is 24.5 Å². The van der Waals surface area contributed by atoms with E-state index in [0.717, 1.165) is 10.9 Å². The Morgan fingerprint density at radius 2 is 1.83 bits per heavy atom. The molecule has 3 amide bonds. The first-order chi connectivity index (χ1) is 14.5. The molecule has 1 aliphatic heterocycles. The van der Waals surface area contributed by atoms with E-state index in [4.69, 9.17) is 0 Å². The maximum Gasteiger partial charge on any atom is 0.251 e. The van der Waals surface area contributed by atoms with Gasteiger partial charge in [0.15, 0.2) is 0 Å². The Labute approximate surface area is 172 Å². The van der Waals surface area contributed by atoms with Crippen molar-refractivity contribution in [1.29, 1.82) is 0 Å². The normalized spacial score (nSPS) is 16.1. The number of halogens is 1. The number of aromatic nitrogens is 1. The lowest BCUT2D eigenvalue weighted by atomic mass is 10.1. The maximum absolute atomic E-state index is 13.1. The first-order valence-electron chi connectivity index (χ1n) is 9.70. The zero-order chi connectivity index (χ0) is 21.1. The maximum atomic E-state index is 13.1. The number of hydrogen-bond acceptors (Lipinski definition) is 3. The highest BCUT2D eigenvalue weighted by Gasteiger charge is 2.34. The number of anilines is 1. The summed E-state index contributed by atoms with van der Waals surface area (Å²) >= 11 is 0. The van der Waals surface area contributed by atoms with Crippen LogP contribution in [0.5, 0.6) is 0 Å². The molecule has 30 heavy (non-hydrogen) atoms. The van der Waals surface area contributed by atoms with Crippen molar-refractivity contribution in [1.82, 2.24) is 15.6 Å². The number of amides is 3. The van der Waals surface area contributed by atoms with Gasteiger partial charge in [0.1, 0.15) is 5.82 Å². The van der Waals surface area contributed by atoms with Crippen molar-refractivity contribution in [3.63, 3.8) is 0 Å². The second kappa shape index (κ2) is 8.36. The van der Waals surface area contributed by atoms with E-state index in [1.165, 1.54) is 29.2 Å². The van der Waals surface area contributed by atoms with Gasteiger partial charge in [0, 0.05) is 54.4 Å². The standard InChI is InChI=1S/C22H21FN4O3/c23-17-2-4-18(5-3-17)27-13-16(12-20(27)28)22(30)26-10-9-25-21(29)15-1-6-19-14(11-15)7-8-24-19/h1-8,11,16,24H,9-10,12-13H2,(H,25,29)(H,26,30)/t16-/m1/s1. The molecule has 4 rings (SSSR count). The average Bonchev–Trinajstić information content (AvgIpc) is 3.37. The molecule has 1 atom stereocenters. The van der Waals surface area contributed by atoms with Gasteiger partial charge in [-0.2, -0.15) is 0 Å². The minimum Gasteiger partial charge on any atom is -0.361 e. The van der Waals surface area contributed by atoms with Crippen molar-refractivity contribution in [3.8, 4) is 0 Å². The molecule has 1 aromatic heterocycles. The zero-order valence-electron chi connectivity index (χ0n) is 16.2. The highest BCUT2D eigenvalue weighted by molar-refractivity contribution is 6.00. The van der Waals surface area contributed by atoms with E-state index >= 15 is 0 Å². The van der Waals surface area contributed by atoms with Crippen LogP contribution in [0.4, 0.5) is 10.1 Å². The summed E-state index contributed by atoms with van der Waals surface area (Å²) in [6, 6.07) is 12.9. The summed E-state index contributed by atoms with van der Waals surface area (Å²) in [6.45, 7) is 0.787. The van der Waals surface area contributed by atoms with Crippen molar-refractivity contribution < 1.29 is 18.8 Å². The van der Waals surface area contributed by atoms with Crippen LogP contribution >= 0.6 is 0 Å². The molecule has 2 aromatic carbocycles. The average molecular weight is 408 g/mol. The van der Waals surface area contributed by atoms with Crippen LogP contribution in [0.2, 0.25) is 0 Å². The lowest BCUT2D eigenvalue weighted by Crippen LogP contribution is -2.38. The Morgan fingerprint density at radius 1 is 1.07 bits per heavy atom. The quantitative estimate of drug-likeness (QED) is 0.546. The summed E-state index contributed by atoms with van der Waals surface area (Å²) in [5, 5.41) is 6.49. The summed E-state index contributed by atoms with van der Waals surface area (Å²) in [7, 11) is 0. The second-order valence-electron chi connectivity index (χ2n) is 7.21. The molecule has 3 N–H and O–H groups in total. The fourth-order valence-corrected chi connectivity index (χ4v) is 3.56. The number of carbonyl (C=O) groups is 3. The lowest BCUT2D eigenvalue weighted by Gasteiger charge is -2.16. The fraction of sp³-hybridized carbons (Fsp3) is 0.227. The lowest BCUT2D eigenvalue weighted by molar-refractivity contribution is -0.126. The third-order valence-electron chi connectivity index (χ3n) is 5.16. The summed E-state index contributed by atoms with van der Waals surface area (Å²) in [6.07, 6.45) is 1.92. The number of fused-ring (bicyclic) bond motifs is 1. The van der Waals surface area contributed by atoms with Crippen molar-refractivity contribution in [2.45, 2.75) is 6.42 Å². The Balaban J connectivity index is 1.24. The molecule has 0 saturated carbocycles. The highest BCUT2D eigenvalue weighted by Crippen LogP contribution is 2.25. The van der Waals surface area contributed by atoms with Crippen LogP contribution < -0.4 is 15.5 Å². The van der Waals surface area contributed by atoms with Crippen molar-refractivity contribution in [2.24, 2.45) is 5.92 Å². The molecule has 3 aromatic rings. The molecule has 0 unspecified atom stereocenters. The molecule has 1 saturated heterocycles. The largest absolute Gasteiger partial charge is 0.361 e. The van der Waals surface area contributed by atoms with Gasteiger partial charge in [-0.05, 0) is 48.5 Å². The molecule has 0 radical (unpaired) electrons. The molecule has 0 aliphatic carbocycles. The Morgan fingerprint density at radius 3 is 2.63 bits per heavy atom. The summed E-state index contributed by atoms with van der Waals surface area (Å²) < 4.78 is 13.1. The van der Waals surface area contributed by atoms with E-state index in [-0.39, 0.29) is 49.6 Å². The van der Waals surface area contributed by atoms with Gasteiger partial charge < -0.3 is 20.5 Å². The van der Waals surface area contributed by atoms with E-state index in [9.17, 15) is 18.8 Å². The van der Waals surface area contributed by atoms with Crippen LogP contribution in [0.15, 0.2) is 54.7 Å². The van der Waals surface area contributed by atoms with E-state index in [0.29, 0.717) is 11.3 Å². The van der Waals surface area contributed by atoms with Crippen LogP contribution in [-0.4, -0.2) is 42.3 Å². The SMILES string of the molecule is O=C(NCCNC(=O)[C@@H]1CC(=O)N(c2ccc(F)cc2)C1)c1ccc2[nH]ccc2c1. The minimum absolute atomic E-state index is 0.103. The van der Waals surface area contributed by atoms with Gasteiger partial charge in [-0.15, -0.1) is 0 Å². The Kier molecular flexibility index (Phi) is 5.47. The topological polar surface area (TPSA) is 94.3 Å². The number of nitrogens with zero attached hydrogens (tertiary/aromatic N) is 1. The van der Waals surface area contributed by atoms with Crippen LogP contribution in [0.1, 0.15) is 16.8 Å². The summed E-state index contributed by atoms with van der Waals surface area (Å²) in [5.74, 6) is -1.49. The number of rotatable bonds is 6. The first-order valence-corrected chi connectivity index (χ1v) is 9.70. The number of nitrogens with one attached hydrogen (secondary N) is 3. The predicted octanol–water partition coefficient (Wildman–Crippen LogP) is 2.21. The number of aromatic amines is 1. The van der Waals surface area contributed by atoms with Gasteiger partial charge in [0.2, 0.25) is 11.8 Å². The van der Waals surface area contributed by atoms with Crippen LogP contribution in [0, 0.1) is 11.7 Å². The molecule has 0 bridgehead atoms. The molecule has 1 fully saturated rings. The zero-order valence-corrected chi connectivity index (χ0v) is 16.2. The molecule has 7 nitrogen and oxygen atoms in total. The molecule has 154 valence electrons. The van der Waals surface area contributed by atoms with E-state index in [1.807, 2.05) is 18.3 Å². The molecule has 8 heteroatoms. The number of benzene rings is 2. The van der Waals surface area contributed by atoms with Crippen LogP contribution in [0.3, 0.4) is 0 Å². The van der Waals surface area contributed by atoms with Gasteiger partial charge in [0.05, 0.1) is 5.92 Å². The Hall–Kier alpha value is -3.68.